The minimum absolute atomic E-state index is 0.500. The van der Waals surface area contributed by atoms with Gasteiger partial charge in [0.2, 0.25) is 0 Å². The van der Waals surface area contributed by atoms with E-state index in [0.29, 0.717) is 5.89 Å². The summed E-state index contributed by atoms with van der Waals surface area (Å²) in [5, 5.41) is 9.02. The highest BCUT2D eigenvalue weighted by Gasteiger charge is 2.13. The zero-order chi connectivity index (χ0) is 15.0. The van der Waals surface area contributed by atoms with Crippen LogP contribution in [0.2, 0.25) is 0 Å². The second kappa shape index (κ2) is 5.05. The van der Waals surface area contributed by atoms with Crippen molar-refractivity contribution in [3.8, 4) is 11.1 Å². The van der Waals surface area contributed by atoms with Crippen molar-refractivity contribution in [1.29, 1.82) is 0 Å². The van der Waals surface area contributed by atoms with Crippen molar-refractivity contribution in [3.63, 3.8) is 0 Å². The van der Waals surface area contributed by atoms with Gasteiger partial charge in [0.25, 0.3) is 0 Å². The predicted molar refractivity (Wildman–Crippen MR) is 80.2 cm³/mol. The largest absolute Gasteiger partial charge is 0.481 e. The molecule has 4 nitrogen and oxygen atoms in total. The molecule has 0 saturated carbocycles. The molecule has 0 amide bonds. The molecular weight excluding hydrogens is 266 g/mol. The van der Waals surface area contributed by atoms with E-state index in [0.717, 1.165) is 27.8 Å². The van der Waals surface area contributed by atoms with Crippen molar-refractivity contribution >= 4 is 17.1 Å². The number of aromatic nitrogens is 1. The SMILES string of the molecule is Cc1nc2cc(-c3ccc(C(C)C(=O)O)cc3)ccc2o1. The van der Waals surface area contributed by atoms with E-state index in [2.05, 4.69) is 4.98 Å². The molecule has 0 fully saturated rings. The smallest absolute Gasteiger partial charge is 0.310 e. The Kier molecular flexibility index (Phi) is 3.22. The average Bonchev–Trinajstić information content (AvgIpc) is 2.85. The highest BCUT2D eigenvalue weighted by Crippen LogP contribution is 2.26. The first kappa shape index (κ1) is 13.4. The van der Waals surface area contributed by atoms with Gasteiger partial charge >= 0.3 is 5.97 Å². The van der Waals surface area contributed by atoms with Gasteiger partial charge in [-0.25, -0.2) is 4.98 Å². The van der Waals surface area contributed by atoms with E-state index in [1.807, 2.05) is 49.4 Å². The lowest BCUT2D eigenvalue weighted by Crippen LogP contribution is -2.06. The van der Waals surface area contributed by atoms with E-state index < -0.39 is 11.9 Å². The maximum Gasteiger partial charge on any atom is 0.310 e. The number of hydrogen-bond donors (Lipinski definition) is 1. The van der Waals surface area contributed by atoms with Crippen LogP contribution in [0.3, 0.4) is 0 Å². The van der Waals surface area contributed by atoms with Gasteiger partial charge in [-0.1, -0.05) is 30.3 Å². The molecule has 0 aliphatic heterocycles. The zero-order valence-electron chi connectivity index (χ0n) is 11.8. The molecule has 1 atom stereocenters. The Morgan fingerprint density at radius 1 is 1.14 bits per heavy atom. The van der Waals surface area contributed by atoms with Gasteiger partial charge in [-0.05, 0) is 35.7 Å². The van der Waals surface area contributed by atoms with Gasteiger partial charge in [-0.15, -0.1) is 0 Å². The van der Waals surface area contributed by atoms with Crippen molar-refractivity contribution in [2.45, 2.75) is 19.8 Å². The molecule has 3 rings (SSSR count). The summed E-state index contributed by atoms with van der Waals surface area (Å²) in [6.07, 6.45) is 0. The fraction of sp³-hybridized carbons (Fsp3) is 0.176. The highest BCUT2D eigenvalue weighted by molar-refractivity contribution is 5.81. The fourth-order valence-electron chi connectivity index (χ4n) is 2.33. The summed E-state index contributed by atoms with van der Waals surface area (Å²) in [5.74, 6) is -0.672. The first-order chi connectivity index (χ1) is 10.0. The summed E-state index contributed by atoms with van der Waals surface area (Å²) in [5.41, 5.74) is 4.45. The highest BCUT2D eigenvalue weighted by atomic mass is 16.4. The van der Waals surface area contributed by atoms with Gasteiger partial charge in [0, 0.05) is 6.92 Å². The Morgan fingerprint density at radius 2 is 1.81 bits per heavy atom. The average molecular weight is 281 g/mol. The Hall–Kier alpha value is -2.62. The third-order valence-corrected chi connectivity index (χ3v) is 3.61. The number of aryl methyl sites for hydroxylation is 1. The molecule has 0 aliphatic carbocycles. The summed E-state index contributed by atoms with van der Waals surface area (Å²) in [6, 6.07) is 13.4. The van der Waals surface area contributed by atoms with Gasteiger partial charge in [0.05, 0.1) is 5.92 Å². The monoisotopic (exact) mass is 281 g/mol. The van der Waals surface area contributed by atoms with Crippen molar-refractivity contribution < 1.29 is 14.3 Å². The third kappa shape index (κ3) is 2.52. The molecule has 1 aromatic heterocycles. The molecule has 0 aliphatic rings. The minimum atomic E-state index is -0.817. The Bertz CT molecular complexity index is 803. The van der Waals surface area contributed by atoms with Gasteiger partial charge in [-0.2, -0.15) is 0 Å². The van der Waals surface area contributed by atoms with Crippen molar-refractivity contribution in [3.05, 3.63) is 53.9 Å². The van der Waals surface area contributed by atoms with Crippen LogP contribution < -0.4 is 0 Å². The lowest BCUT2D eigenvalue weighted by Gasteiger charge is -2.08. The van der Waals surface area contributed by atoms with Gasteiger partial charge < -0.3 is 9.52 Å². The van der Waals surface area contributed by atoms with Crippen LogP contribution in [-0.4, -0.2) is 16.1 Å². The number of rotatable bonds is 3. The standard InChI is InChI=1S/C17H15NO3/c1-10(17(19)20)12-3-5-13(6-4-12)14-7-8-16-15(9-14)18-11(2)21-16/h3-10H,1-2H3,(H,19,20). The van der Waals surface area contributed by atoms with Crippen LogP contribution in [0.15, 0.2) is 46.9 Å². The molecule has 4 heteroatoms. The maximum atomic E-state index is 11.0. The predicted octanol–water partition coefficient (Wildman–Crippen LogP) is 3.99. The molecule has 1 heterocycles. The summed E-state index contributed by atoms with van der Waals surface area (Å²) in [7, 11) is 0. The Labute approximate surface area is 122 Å². The van der Waals surface area contributed by atoms with Crippen LogP contribution in [0, 0.1) is 6.92 Å². The fourth-order valence-corrected chi connectivity index (χ4v) is 2.33. The maximum absolute atomic E-state index is 11.0. The lowest BCUT2D eigenvalue weighted by atomic mass is 9.97. The topological polar surface area (TPSA) is 63.3 Å². The minimum Gasteiger partial charge on any atom is -0.481 e. The number of aliphatic carboxylic acids is 1. The lowest BCUT2D eigenvalue weighted by molar-refractivity contribution is -0.138. The molecule has 106 valence electrons. The first-order valence-electron chi connectivity index (χ1n) is 6.75. The number of fused-ring (bicyclic) bond motifs is 1. The van der Waals surface area contributed by atoms with Crippen LogP contribution in [0.1, 0.15) is 24.3 Å². The molecule has 3 aromatic rings. The quantitative estimate of drug-likeness (QED) is 0.788. The van der Waals surface area contributed by atoms with Crippen LogP contribution in [0.5, 0.6) is 0 Å². The molecule has 0 radical (unpaired) electrons. The second-order valence-corrected chi connectivity index (χ2v) is 5.10. The molecule has 1 N–H and O–H groups in total. The second-order valence-electron chi connectivity index (χ2n) is 5.10. The van der Waals surface area contributed by atoms with E-state index in [9.17, 15) is 4.79 Å². The molecule has 0 saturated heterocycles. The van der Waals surface area contributed by atoms with E-state index in [-0.39, 0.29) is 0 Å². The van der Waals surface area contributed by atoms with E-state index in [4.69, 9.17) is 9.52 Å². The van der Waals surface area contributed by atoms with Crippen LogP contribution in [-0.2, 0) is 4.79 Å². The van der Waals surface area contributed by atoms with E-state index in [1.165, 1.54) is 0 Å². The number of nitrogens with zero attached hydrogens (tertiary/aromatic N) is 1. The summed E-state index contributed by atoms with van der Waals surface area (Å²) >= 11 is 0. The normalized spacial score (nSPS) is 12.5. The molecule has 0 spiro atoms. The molecule has 21 heavy (non-hydrogen) atoms. The molecule has 0 bridgehead atoms. The van der Waals surface area contributed by atoms with Gasteiger partial charge in [-0.3, -0.25) is 4.79 Å². The number of oxazole rings is 1. The van der Waals surface area contributed by atoms with Crippen LogP contribution in [0.25, 0.3) is 22.2 Å². The van der Waals surface area contributed by atoms with Crippen LogP contribution in [0.4, 0.5) is 0 Å². The van der Waals surface area contributed by atoms with E-state index >= 15 is 0 Å². The molecule has 1 unspecified atom stereocenters. The number of benzene rings is 2. The van der Waals surface area contributed by atoms with Crippen LogP contribution >= 0.6 is 0 Å². The van der Waals surface area contributed by atoms with Gasteiger partial charge in [0.1, 0.15) is 5.52 Å². The number of carbonyl (C=O) groups is 1. The van der Waals surface area contributed by atoms with Gasteiger partial charge in [0.15, 0.2) is 11.5 Å². The Morgan fingerprint density at radius 3 is 2.48 bits per heavy atom. The Balaban J connectivity index is 1.96. The van der Waals surface area contributed by atoms with Crippen molar-refractivity contribution in [2.24, 2.45) is 0 Å². The third-order valence-electron chi connectivity index (χ3n) is 3.61. The molecular formula is C17H15NO3. The summed E-state index contributed by atoms with van der Waals surface area (Å²) in [6.45, 7) is 3.50. The summed E-state index contributed by atoms with van der Waals surface area (Å²) < 4.78 is 5.46. The zero-order valence-corrected chi connectivity index (χ0v) is 11.8. The number of carboxylic acids is 1. The van der Waals surface area contributed by atoms with Crippen molar-refractivity contribution in [1.82, 2.24) is 4.98 Å². The van der Waals surface area contributed by atoms with E-state index in [1.54, 1.807) is 6.92 Å². The summed E-state index contributed by atoms with van der Waals surface area (Å²) in [4.78, 5) is 15.3. The molecule has 2 aromatic carbocycles. The first-order valence-corrected chi connectivity index (χ1v) is 6.75. The van der Waals surface area contributed by atoms with Crippen molar-refractivity contribution in [2.75, 3.05) is 0 Å². The number of carboxylic acid groups (broad SMARTS) is 1. The number of hydrogen-bond acceptors (Lipinski definition) is 3.